The Hall–Kier alpha value is -3.78. The van der Waals surface area contributed by atoms with Crippen LogP contribution in [0.2, 0.25) is 5.02 Å². The zero-order valence-corrected chi connectivity index (χ0v) is 15.9. The molecule has 0 fully saturated rings. The summed E-state index contributed by atoms with van der Waals surface area (Å²) in [5, 5.41) is 19.4. The Labute approximate surface area is 171 Å². The summed E-state index contributed by atoms with van der Waals surface area (Å²) in [5.74, 6) is -0.367. The average Bonchev–Trinajstić information content (AvgIpc) is 3.13. The normalized spacial score (nSPS) is 11.2. The Bertz CT molecular complexity index is 1070. The fraction of sp³-hybridized carbons (Fsp3) is 0.0500. The molecule has 1 amide bonds. The highest BCUT2D eigenvalue weighted by Gasteiger charge is 2.08. The first kappa shape index (κ1) is 20.0. The van der Waals surface area contributed by atoms with Gasteiger partial charge in [0.2, 0.25) is 0 Å². The highest BCUT2D eigenvalue weighted by molar-refractivity contribution is 6.30. The summed E-state index contributed by atoms with van der Waals surface area (Å²) in [7, 11) is 0. The highest BCUT2D eigenvalue weighted by Crippen LogP contribution is 2.18. The number of nitro groups is 1. The molecule has 1 heterocycles. The number of nitrogens with zero attached hydrogens (tertiary/aromatic N) is 4. The van der Waals surface area contributed by atoms with Gasteiger partial charge >= 0.3 is 0 Å². The average molecular weight is 410 g/mol. The van der Waals surface area contributed by atoms with Gasteiger partial charge in [-0.3, -0.25) is 19.6 Å². The molecule has 0 unspecified atom stereocenters. The summed E-state index contributed by atoms with van der Waals surface area (Å²) in [6.45, 7) is 0.545. The molecular formula is C20H16ClN5O3. The third kappa shape index (κ3) is 5.60. The van der Waals surface area contributed by atoms with E-state index in [2.05, 4.69) is 15.6 Å². The largest absolute Gasteiger partial charge is 0.276 e. The Kier molecular flexibility index (Phi) is 6.49. The second-order valence-corrected chi connectivity index (χ2v) is 6.38. The summed E-state index contributed by atoms with van der Waals surface area (Å²) in [4.78, 5) is 22.6. The van der Waals surface area contributed by atoms with Gasteiger partial charge in [-0.25, -0.2) is 5.43 Å². The lowest BCUT2D eigenvalue weighted by atomic mass is 10.1. The van der Waals surface area contributed by atoms with Crippen LogP contribution in [0, 0.1) is 10.1 Å². The van der Waals surface area contributed by atoms with Crippen LogP contribution in [-0.4, -0.2) is 26.8 Å². The topological polar surface area (TPSA) is 102 Å². The fourth-order valence-electron chi connectivity index (χ4n) is 2.52. The van der Waals surface area contributed by atoms with E-state index in [-0.39, 0.29) is 11.6 Å². The molecule has 29 heavy (non-hydrogen) atoms. The van der Waals surface area contributed by atoms with Crippen LogP contribution in [0.1, 0.15) is 21.5 Å². The third-order valence-electron chi connectivity index (χ3n) is 3.90. The monoisotopic (exact) mass is 409 g/mol. The molecule has 3 rings (SSSR count). The van der Waals surface area contributed by atoms with Crippen molar-refractivity contribution in [3.8, 4) is 0 Å². The first-order valence-corrected chi connectivity index (χ1v) is 8.91. The van der Waals surface area contributed by atoms with Crippen LogP contribution >= 0.6 is 11.6 Å². The van der Waals surface area contributed by atoms with Gasteiger partial charge in [-0.15, -0.1) is 0 Å². The predicted octanol–water partition coefficient (Wildman–Crippen LogP) is 3.92. The number of hydrogen-bond acceptors (Lipinski definition) is 5. The zero-order valence-electron chi connectivity index (χ0n) is 15.1. The summed E-state index contributed by atoms with van der Waals surface area (Å²) >= 11 is 5.84. The Balaban J connectivity index is 1.54. The number of para-hydroxylation sites is 1. The van der Waals surface area contributed by atoms with Crippen molar-refractivity contribution >= 4 is 35.5 Å². The molecule has 9 heteroatoms. The van der Waals surface area contributed by atoms with Crippen molar-refractivity contribution in [2.24, 2.45) is 5.10 Å². The van der Waals surface area contributed by atoms with Crippen molar-refractivity contribution < 1.29 is 9.72 Å². The van der Waals surface area contributed by atoms with E-state index in [1.165, 1.54) is 18.4 Å². The van der Waals surface area contributed by atoms with Crippen molar-refractivity contribution in [2.75, 3.05) is 0 Å². The molecule has 146 valence electrons. The molecule has 3 aromatic rings. The summed E-state index contributed by atoms with van der Waals surface area (Å²) in [6, 6.07) is 13.4. The molecular weight excluding hydrogens is 394 g/mol. The van der Waals surface area contributed by atoms with E-state index in [0.717, 1.165) is 5.56 Å². The Morgan fingerprint density at radius 1 is 1.24 bits per heavy atom. The number of hydrazone groups is 1. The Morgan fingerprint density at radius 2 is 2.00 bits per heavy atom. The maximum atomic E-state index is 12.1. The third-order valence-corrected chi connectivity index (χ3v) is 4.09. The van der Waals surface area contributed by atoms with Crippen LogP contribution in [0.4, 0.5) is 5.69 Å². The van der Waals surface area contributed by atoms with Crippen LogP contribution in [0.3, 0.4) is 0 Å². The Morgan fingerprint density at radius 3 is 2.69 bits per heavy atom. The number of allylic oxidation sites excluding steroid dienone is 1. The lowest BCUT2D eigenvalue weighted by Crippen LogP contribution is -2.17. The van der Waals surface area contributed by atoms with Gasteiger partial charge in [0.25, 0.3) is 11.6 Å². The standard InChI is InChI=1S/C20H16ClN5O3/c21-18-12-23-25(14-18)13-15-7-9-17(10-8-15)20(27)24-22-11-3-5-16-4-1-2-6-19(16)26(28)29/h1-12,14H,13H2,(H,24,27)/b5-3+,22-11?. The van der Waals surface area contributed by atoms with E-state index >= 15 is 0 Å². The molecule has 0 radical (unpaired) electrons. The van der Waals surface area contributed by atoms with E-state index in [0.29, 0.717) is 22.7 Å². The molecule has 0 spiro atoms. The molecule has 8 nitrogen and oxygen atoms in total. The molecule has 0 aliphatic carbocycles. The van der Waals surface area contributed by atoms with Gasteiger partial charge in [-0.1, -0.05) is 35.9 Å². The second kappa shape index (κ2) is 9.43. The number of benzene rings is 2. The van der Waals surface area contributed by atoms with Gasteiger partial charge in [-0.2, -0.15) is 10.2 Å². The molecule has 0 atom stereocenters. The first-order valence-electron chi connectivity index (χ1n) is 8.53. The fourth-order valence-corrected chi connectivity index (χ4v) is 2.67. The smallest absolute Gasteiger partial charge is 0.267 e. The van der Waals surface area contributed by atoms with Gasteiger partial charge in [0.15, 0.2) is 0 Å². The lowest BCUT2D eigenvalue weighted by molar-refractivity contribution is -0.385. The van der Waals surface area contributed by atoms with Crippen molar-refractivity contribution in [2.45, 2.75) is 6.54 Å². The van der Waals surface area contributed by atoms with Crippen LogP contribution in [-0.2, 0) is 6.54 Å². The lowest BCUT2D eigenvalue weighted by Gasteiger charge is -2.04. The maximum Gasteiger partial charge on any atom is 0.276 e. The second-order valence-electron chi connectivity index (χ2n) is 5.95. The van der Waals surface area contributed by atoms with Gasteiger partial charge in [-0.05, 0) is 35.9 Å². The van der Waals surface area contributed by atoms with Crippen LogP contribution in [0.25, 0.3) is 6.08 Å². The number of carbonyl (C=O) groups excluding carboxylic acids is 1. The van der Waals surface area contributed by atoms with E-state index in [4.69, 9.17) is 11.6 Å². The quantitative estimate of drug-likeness (QED) is 0.363. The number of rotatable bonds is 7. The molecule has 0 bridgehead atoms. The van der Waals surface area contributed by atoms with E-state index < -0.39 is 4.92 Å². The minimum Gasteiger partial charge on any atom is -0.267 e. The van der Waals surface area contributed by atoms with E-state index in [1.807, 2.05) is 12.1 Å². The highest BCUT2D eigenvalue weighted by atomic mass is 35.5. The van der Waals surface area contributed by atoms with Crippen LogP contribution < -0.4 is 5.43 Å². The van der Waals surface area contributed by atoms with Crippen LogP contribution in [0.5, 0.6) is 0 Å². The van der Waals surface area contributed by atoms with Crippen molar-refractivity contribution in [1.82, 2.24) is 15.2 Å². The van der Waals surface area contributed by atoms with Crippen molar-refractivity contribution in [3.63, 3.8) is 0 Å². The SMILES string of the molecule is O=C(NN=C/C=C/c1ccccc1[N+](=O)[O-])c1ccc(Cn2cc(Cl)cn2)cc1. The molecule has 2 aromatic carbocycles. The zero-order chi connectivity index (χ0) is 20.6. The molecule has 1 aromatic heterocycles. The molecule has 0 saturated heterocycles. The predicted molar refractivity (Wildman–Crippen MR) is 111 cm³/mol. The van der Waals surface area contributed by atoms with Gasteiger partial charge < -0.3 is 0 Å². The van der Waals surface area contributed by atoms with Gasteiger partial charge in [0.1, 0.15) is 0 Å². The number of nitro benzene ring substituents is 1. The minimum absolute atomic E-state index is 0.00124. The van der Waals surface area contributed by atoms with Crippen LogP contribution in [0.15, 0.2) is 72.1 Å². The summed E-state index contributed by atoms with van der Waals surface area (Å²) in [6.07, 6.45) is 7.69. The van der Waals surface area contributed by atoms with E-state index in [1.54, 1.807) is 53.5 Å². The molecule has 1 N–H and O–H groups in total. The number of amides is 1. The molecule has 0 aliphatic heterocycles. The molecule has 0 saturated carbocycles. The van der Waals surface area contributed by atoms with Gasteiger partial charge in [0.05, 0.1) is 28.3 Å². The van der Waals surface area contributed by atoms with Gasteiger partial charge in [0, 0.05) is 24.0 Å². The van der Waals surface area contributed by atoms with Crippen molar-refractivity contribution in [3.05, 3.63) is 98.8 Å². The number of carbonyl (C=O) groups is 1. The number of aromatic nitrogens is 2. The minimum atomic E-state index is -0.455. The number of halogens is 1. The maximum absolute atomic E-state index is 12.1. The van der Waals surface area contributed by atoms with E-state index in [9.17, 15) is 14.9 Å². The molecule has 0 aliphatic rings. The number of nitrogens with one attached hydrogen (secondary N) is 1. The first-order chi connectivity index (χ1) is 14.0. The number of hydrogen-bond donors (Lipinski definition) is 1. The van der Waals surface area contributed by atoms with Crippen molar-refractivity contribution in [1.29, 1.82) is 0 Å². The summed E-state index contributed by atoms with van der Waals surface area (Å²) in [5.41, 5.74) is 4.27. The summed E-state index contributed by atoms with van der Waals surface area (Å²) < 4.78 is 1.70.